The van der Waals surface area contributed by atoms with E-state index in [1.54, 1.807) is 72.8 Å². The monoisotopic (exact) mass is 921 g/mol. The van der Waals surface area contributed by atoms with Gasteiger partial charge in [0.15, 0.2) is 0 Å². The topological polar surface area (TPSA) is 195 Å². The number of anilines is 3. The average Bonchev–Trinajstić information content (AvgIpc) is 3.85. The van der Waals surface area contributed by atoms with Crippen molar-refractivity contribution in [2.24, 2.45) is 0 Å². The Bertz CT molecular complexity index is 2660. The fourth-order valence-corrected chi connectivity index (χ4v) is 11.1. The van der Waals surface area contributed by atoms with Gasteiger partial charge in [0.2, 0.25) is 23.6 Å². The molecule has 14 nitrogen and oxygen atoms in total. The summed E-state index contributed by atoms with van der Waals surface area (Å²) in [6, 6.07) is 19.1. The lowest BCUT2D eigenvalue weighted by molar-refractivity contribution is -0.136. The largest absolute Gasteiger partial charge is 0.384 e. The molecule has 2 saturated heterocycles. The third kappa shape index (κ3) is 7.62. The molecule has 4 heterocycles. The first-order chi connectivity index (χ1) is 31.3. The smallest absolute Gasteiger partial charge is 0.264 e. The second-order valence-electron chi connectivity index (χ2n) is 17.3. The number of carbonyl (C=O) groups excluding carboxylic acids is 7. The molecule has 1 aliphatic carbocycles. The van der Waals surface area contributed by atoms with Gasteiger partial charge in [-0.25, -0.2) is 4.39 Å². The Morgan fingerprint density at radius 3 is 2.35 bits per heavy atom. The first-order valence-corrected chi connectivity index (χ1v) is 22.7. The molecule has 6 N–H and O–H groups in total. The molecule has 0 aromatic heterocycles. The highest BCUT2D eigenvalue weighted by Gasteiger charge is 2.72. The maximum Gasteiger partial charge on any atom is 0.264 e. The van der Waals surface area contributed by atoms with E-state index in [-0.39, 0.29) is 46.4 Å². The third-order valence-electron chi connectivity index (χ3n) is 13.6. The number of imide groups is 2. The van der Waals surface area contributed by atoms with Gasteiger partial charge in [-0.05, 0) is 104 Å². The van der Waals surface area contributed by atoms with Gasteiger partial charge in [-0.2, -0.15) is 0 Å². The van der Waals surface area contributed by atoms with Crippen LogP contribution in [0.25, 0.3) is 0 Å². The Morgan fingerprint density at radius 2 is 1.58 bits per heavy atom. The summed E-state index contributed by atoms with van der Waals surface area (Å²) >= 11 is 12.8. The van der Waals surface area contributed by atoms with Crippen LogP contribution in [0.1, 0.15) is 112 Å². The Balaban J connectivity index is 0.817. The fourth-order valence-electron chi connectivity index (χ4n) is 10.8. The van der Waals surface area contributed by atoms with Gasteiger partial charge in [-0.15, -0.1) is 0 Å². The zero-order chi connectivity index (χ0) is 45.6. The van der Waals surface area contributed by atoms with E-state index in [9.17, 15) is 33.6 Å². The first-order valence-electron chi connectivity index (χ1n) is 22.0. The lowest BCUT2D eigenvalue weighted by Crippen LogP contribution is -2.60. The Hall–Kier alpha value is -6.16. The molecule has 336 valence electrons. The predicted octanol–water partition coefficient (Wildman–Crippen LogP) is 6.83. The van der Waals surface area contributed by atoms with E-state index in [4.69, 9.17) is 23.2 Å². The van der Waals surface area contributed by atoms with Crippen LogP contribution in [0.15, 0.2) is 78.9 Å². The van der Waals surface area contributed by atoms with Crippen LogP contribution in [-0.2, 0) is 24.6 Å². The van der Waals surface area contributed by atoms with Crippen molar-refractivity contribution in [3.63, 3.8) is 0 Å². The number of halogens is 3. The van der Waals surface area contributed by atoms with Crippen molar-refractivity contribution in [2.45, 2.75) is 93.2 Å². The summed E-state index contributed by atoms with van der Waals surface area (Å²) in [6.07, 6.45) is 5.96. The van der Waals surface area contributed by atoms with Crippen molar-refractivity contribution in [1.29, 1.82) is 0 Å². The van der Waals surface area contributed by atoms with Gasteiger partial charge < -0.3 is 21.3 Å². The van der Waals surface area contributed by atoms with Gasteiger partial charge in [-0.3, -0.25) is 49.1 Å². The molecule has 2 spiro atoms. The van der Waals surface area contributed by atoms with Gasteiger partial charge >= 0.3 is 0 Å². The number of nitrogens with zero attached hydrogens (tertiary/aromatic N) is 1. The van der Waals surface area contributed by atoms with Crippen molar-refractivity contribution in [3.05, 3.63) is 123 Å². The number of rotatable bonds is 12. The maximum absolute atomic E-state index is 16.2. The van der Waals surface area contributed by atoms with Gasteiger partial charge in [-0.1, -0.05) is 66.7 Å². The minimum atomic E-state index is -1.37. The van der Waals surface area contributed by atoms with Gasteiger partial charge in [0.25, 0.3) is 17.7 Å². The molecule has 1 unspecified atom stereocenters. The quantitative estimate of drug-likeness (QED) is 0.0652. The Labute approximate surface area is 383 Å². The van der Waals surface area contributed by atoms with Crippen LogP contribution in [0.4, 0.5) is 21.5 Å². The summed E-state index contributed by atoms with van der Waals surface area (Å²) in [5.41, 5.74) is 0.747. The first kappa shape index (κ1) is 44.1. The molecule has 4 aromatic rings. The fraction of sp³-hybridized carbons (Fsp3) is 0.354. The van der Waals surface area contributed by atoms with Crippen LogP contribution in [-0.4, -0.2) is 77.0 Å². The predicted molar refractivity (Wildman–Crippen MR) is 242 cm³/mol. The van der Waals surface area contributed by atoms with E-state index in [1.165, 1.54) is 6.07 Å². The van der Waals surface area contributed by atoms with Gasteiger partial charge in [0.1, 0.15) is 17.3 Å². The second kappa shape index (κ2) is 17.7. The summed E-state index contributed by atoms with van der Waals surface area (Å²) in [7, 11) is 0. The average molecular weight is 923 g/mol. The van der Waals surface area contributed by atoms with Crippen LogP contribution < -0.4 is 31.9 Å². The summed E-state index contributed by atoms with van der Waals surface area (Å²) < 4.78 is 16.2. The molecule has 0 radical (unpaired) electrons. The van der Waals surface area contributed by atoms with E-state index < -0.39 is 64.3 Å². The molecule has 1 saturated carbocycles. The normalized spacial score (nSPS) is 23.0. The van der Waals surface area contributed by atoms with E-state index in [0.717, 1.165) is 30.6 Å². The summed E-state index contributed by atoms with van der Waals surface area (Å²) in [5, 5.41) is 18.3. The van der Waals surface area contributed by atoms with Crippen molar-refractivity contribution in [2.75, 3.05) is 29.0 Å². The maximum atomic E-state index is 16.2. The van der Waals surface area contributed by atoms with E-state index in [0.29, 0.717) is 72.0 Å². The lowest BCUT2D eigenvalue weighted by Gasteiger charge is -2.47. The molecular formula is C48H46Cl2FN7O7. The van der Waals surface area contributed by atoms with Crippen LogP contribution in [0.3, 0.4) is 0 Å². The standard InChI is InChI=1S/C48H46Cl2FN7O7/c49-27-15-18-31-34(25-27)55-46(65)48(31)38(30-10-7-11-32(50)39(30)51)40(57-47(48)21-3-1-4-22-47)43(62)54-28-16-13-26(14-17-28)41(60)53-24-6-2-5-23-52-33-12-8-9-29-37(33)45(64)58(44(29)63)35-19-20-36(59)56-42(35)61/h7-18,25,35,38,40,52,57H,1-6,19-24H2,(H,53,60)(H,54,62)(H,55,65)(H,56,59,61)/t35?,38-,40+,48+/m0/s1. The molecule has 7 amide bonds. The zero-order valence-corrected chi connectivity index (χ0v) is 36.7. The SMILES string of the molecule is O=C1CCC(N2C(=O)c3cccc(NCCCCCNC(=O)c4ccc(NC(=O)[C@@H]5NC6(CCCCC6)[C@@]6(C(=O)Nc7cc(Cl)ccc76)[C@H]5c5cccc(Cl)c5F)cc4)c3C2=O)C(=O)N1. The zero-order valence-electron chi connectivity index (χ0n) is 35.2. The molecule has 5 aliphatic rings. The van der Waals surface area contributed by atoms with Crippen LogP contribution in [0.5, 0.6) is 0 Å². The molecule has 9 rings (SSSR count). The van der Waals surface area contributed by atoms with Crippen molar-refractivity contribution >= 4 is 81.6 Å². The highest BCUT2D eigenvalue weighted by Crippen LogP contribution is 2.63. The number of hydrogen-bond acceptors (Lipinski definition) is 9. The summed E-state index contributed by atoms with van der Waals surface area (Å²) in [5.74, 6) is -5.04. The number of nitrogens with one attached hydrogen (secondary N) is 6. The number of fused-ring (bicyclic) bond motifs is 4. The number of unbranched alkanes of at least 4 members (excludes halogenated alkanes) is 2. The van der Waals surface area contributed by atoms with Crippen molar-refractivity contribution in [1.82, 2.24) is 20.9 Å². The summed E-state index contributed by atoms with van der Waals surface area (Å²) in [6.45, 7) is 0.882. The van der Waals surface area contributed by atoms with E-state index in [1.807, 2.05) is 0 Å². The molecule has 65 heavy (non-hydrogen) atoms. The van der Waals surface area contributed by atoms with Crippen molar-refractivity contribution < 1.29 is 38.0 Å². The number of piperidine rings is 1. The van der Waals surface area contributed by atoms with Crippen LogP contribution in [0.2, 0.25) is 10.0 Å². The number of amides is 7. The van der Waals surface area contributed by atoms with Gasteiger partial charge in [0.05, 0.1) is 22.2 Å². The van der Waals surface area contributed by atoms with Crippen molar-refractivity contribution in [3.8, 4) is 0 Å². The number of benzene rings is 4. The molecule has 0 bridgehead atoms. The minimum Gasteiger partial charge on any atom is -0.384 e. The van der Waals surface area contributed by atoms with Gasteiger partial charge in [0, 0.05) is 58.6 Å². The number of hydrogen-bond donors (Lipinski definition) is 6. The molecular weight excluding hydrogens is 876 g/mol. The molecule has 17 heteroatoms. The minimum absolute atomic E-state index is 0.0383. The molecule has 4 aromatic carbocycles. The second-order valence-corrected chi connectivity index (χ2v) is 18.2. The van der Waals surface area contributed by atoms with Crippen LogP contribution in [0, 0.1) is 5.82 Å². The molecule has 4 atom stereocenters. The molecule has 3 fully saturated rings. The molecule has 4 aliphatic heterocycles. The van der Waals surface area contributed by atoms with E-state index >= 15 is 4.39 Å². The van der Waals surface area contributed by atoms with E-state index in [2.05, 4.69) is 31.9 Å². The van der Waals surface area contributed by atoms with Crippen LogP contribution >= 0.6 is 23.2 Å². The Kier molecular flexibility index (Phi) is 12.0. The highest BCUT2D eigenvalue weighted by atomic mass is 35.5. The Morgan fingerprint density at radius 1 is 0.831 bits per heavy atom. The lowest BCUT2D eigenvalue weighted by atomic mass is 9.55. The number of carbonyl (C=O) groups is 7. The highest BCUT2D eigenvalue weighted by molar-refractivity contribution is 6.31. The third-order valence-corrected chi connectivity index (χ3v) is 14.2. The summed E-state index contributed by atoms with van der Waals surface area (Å²) in [4.78, 5) is 93.8.